The molecule has 1 aromatic rings. The molecule has 1 fully saturated rings. The monoisotopic (exact) mass is 221 g/mol. The largest absolute Gasteiger partial charge is 0.352 e. The summed E-state index contributed by atoms with van der Waals surface area (Å²) in [6, 6.07) is 0.169. The first-order valence-corrected chi connectivity index (χ1v) is 6.02. The fraction of sp³-hybridized carbons (Fsp3) is 0.667. The molecule has 0 radical (unpaired) electrons. The Morgan fingerprint density at radius 3 is 2.94 bits per heavy atom. The third-order valence-corrected chi connectivity index (χ3v) is 3.16. The zero-order valence-electron chi connectivity index (χ0n) is 9.72. The van der Waals surface area contributed by atoms with Crippen molar-refractivity contribution in [2.75, 3.05) is 0 Å². The highest BCUT2D eigenvalue weighted by Crippen LogP contribution is 2.24. The summed E-state index contributed by atoms with van der Waals surface area (Å²) in [5.41, 5.74) is 0. The first-order valence-electron chi connectivity index (χ1n) is 6.02. The summed E-state index contributed by atoms with van der Waals surface area (Å²) in [5, 5.41) is 3.07. The third-order valence-electron chi connectivity index (χ3n) is 3.16. The van der Waals surface area contributed by atoms with Gasteiger partial charge in [0.15, 0.2) is 0 Å². The minimum atomic E-state index is 0.169. The maximum atomic E-state index is 11.8. The van der Waals surface area contributed by atoms with E-state index in [1.807, 2.05) is 17.7 Å². The van der Waals surface area contributed by atoms with Crippen LogP contribution in [0.1, 0.15) is 32.6 Å². The Labute approximate surface area is 96.1 Å². The minimum Gasteiger partial charge on any atom is -0.352 e. The molecular weight excluding hydrogens is 202 g/mol. The summed E-state index contributed by atoms with van der Waals surface area (Å²) >= 11 is 0. The Hall–Kier alpha value is -1.32. The van der Waals surface area contributed by atoms with Gasteiger partial charge in [-0.15, -0.1) is 0 Å². The smallest absolute Gasteiger partial charge is 0.223 e. The van der Waals surface area contributed by atoms with Gasteiger partial charge in [-0.05, 0) is 19.8 Å². The molecule has 1 aliphatic carbocycles. The average molecular weight is 221 g/mol. The molecule has 1 N–H and O–H groups in total. The van der Waals surface area contributed by atoms with E-state index in [0.29, 0.717) is 0 Å². The molecule has 1 aromatic heterocycles. The second-order valence-electron chi connectivity index (χ2n) is 4.65. The predicted octanol–water partition coefficient (Wildman–Crippen LogP) is 1.58. The Morgan fingerprint density at radius 2 is 2.31 bits per heavy atom. The van der Waals surface area contributed by atoms with Gasteiger partial charge in [-0.1, -0.05) is 12.8 Å². The van der Waals surface area contributed by atoms with Crippen LogP contribution in [0.15, 0.2) is 18.7 Å². The van der Waals surface area contributed by atoms with Gasteiger partial charge in [-0.3, -0.25) is 4.79 Å². The van der Waals surface area contributed by atoms with E-state index in [9.17, 15) is 4.79 Å². The second kappa shape index (κ2) is 5.14. The van der Waals surface area contributed by atoms with E-state index in [0.717, 1.165) is 19.4 Å². The quantitative estimate of drug-likeness (QED) is 0.839. The molecule has 0 aromatic carbocycles. The molecule has 88 valence electrons. The number of carbonyl (C=O) groups excluding carboxylic acids is 1. The molecule has 4 heteroatoms. The van der Waals surface area contributed by atoms with Crippen LogP contribution in [0.3, 0.4) is 0 Å². The van der Waals surface area contributed by atoms with Crippen LogP contribution in [0.25, 0.3) is 0 Å². The third kappa shape index (κ3) is 2.84. The zero-order chi connectivity index (χ0) is 11.4. The number of rotatable bonds is 4. The van der Waals surface area contributed by atoms with Crippen LogP contribution in [-0.4, -0.2) is 21.5 Å². The van der Waals surface area contributed by atoms with Gasteiger partial charge in [0, 0.05) is 30.9 Å². The molecule has 0 aliphatic heterocycles. The number of nitrogens with one attached hydrogen (secondary N) is 1. The van der Waals surface area contributed by atoms with Crippen molar-refractivity contribution in [1.29, 1.82) is 0 Å². The molecule has 0 bridgehead atoms. The molecule has 1 saturated carbocycles. The zero-order valence-corrected chi connectivity index (χ0v) is 9.72. The van der Waals surface area contributed by atoms with Gasteiger partial charge in [0.2, 0.25) is 5.91 Å². The van der Waals surface area contributed by atoms with Crippen molar-refractivity contribution in [3.8, 4) is 0 Å². The van der Waals surface area contributed by atoms with Gasteiger partial charge < -0.3 is 9.88 Å². The average Bonchev–Trinajstić information content (AvgIpc) is 2.88. The summed E-state index contributed by atoms with van der Waals surface area (Å²) in [6.45, 7) is 2.82. The summed E-state index contributed by atoms with van der Waals surface area (Å²) < 4.78 is 1.99. The molecule has 0 saturated heterocycles. The molecule has 0 unspecified atom stereocenters. The van der Waals surface area contributed by atoms with Crippen LogP contribution >= 0.6 is 0 Å². The Balaban J connectivity index is 1.78. The normalized spacial score (nSPS) is 18.6. The molecule has 1 heterocycles. The molecule has 1 amide bonds. The van der Waals surface area contributed by atoms with E-state index in [1.165, 1.54) is 12.8 Å². The highest BCUT2D eigenvalue weighted by molar-refractivity contribution is 5.79. The van der Waals surface area contributed by atoms with E-state index < -0.39 is 0 Å². The lowest BCUT2D eigenvalue weighted by Crippen LogP contribution is -2.38. The molecule has 1 atom stereocenters. The Kier molecular flexibility index (Phi) is 3.59. The van der Waals surface area contributed by atoms with Gasteiger partial charge in [-0.2, -0.15) is 0 Å². The van der Waals surface area contributed by atoms with Gasteiger partial charge in [-0.25, -0.2) is 4.98 Å². The first kappa shape index (κ1) is 11.2. The lowest BCUT2D eigenvalue weighted by atomic mass is 10.1. The van der Waals surface area contributed by atoms with Crippen LogP contribution in [0.2, 0.25) is 0 Å². The standard InChI is InChI=1S/C12H19N3O/c1-10(8-15-7-6-13-9-15)14-12(16)11-4-2-3-5-11/h6-7,9-11H,2-5,8H2,1H3,(H,14,16)/t10-/m1/s1. The fourth-order valence-electron chi connectivity index (χ4n) is 2.31. The van der Waals surface area contributed by atoms with E-state index in [4.69, 9.17) is 0 Å². The predicted molar refractivity (Wildman–Crippen MR) is 61.8 cm³/mol. The number of aromatic nitrogens is 2. The van der Waals surface area contributed by atoms with Gasteiger partial charge in [0.25, 0.3) is 0 Å². The number of nitrogens with zero attached hydrogens (tertiary/aromatic N) is 2. The second-order valence-corrected chi connectivity index (χ2v) is 4.65. The van der Waals surface area contributed by atoms with Gasteiger partial charge in [0.1, 0.15) is 0 Å². The number of carbonyl (C=O) groups is 1. The van der Waals surface area contributed by atoms with E-state index in [2.05, 4.69) is 10.3 Å². The number of imidazole rings is 1. The van der Waals surface area contributed by atoms with Crippen molar-refractivity contribution in [3.63, 3.8) is 0 Å². The van der Waals surface area contributed by atoms with Crippen molar-refractivity contribution in [2.24, 2.45) is 5.92 Å². The number of amides is 1. The highest BCUT2D eigenvalue weighted by Gasteiger charge is 2.23. The molecule has 16 heavy (non-hydrogen) atoms. The van der Waals surface area contributed by atoms with E-state index in [1.54, 1.807) is 12.5 Å². The first-order chi connectivity index (χ1) is 7.75. The van der Waals surface area contributed by atoms with Crippen molar-refractivity contribution in [3.05, 3.63) is 18.7 Å². The molecule has 4 nitrogen and oxygen atoms in total. The Bertz CT molecular complexity index is 328. The molecule has 2 rings (SSSR count). The number of hydrogen-bond acceptors (Lipinski definition) is 2. The number of hydrogen-bond donors (Lipinski definition) is 1. The SMILES string of the molecule is C[C@H](Cn1ccnc1)NC(=O)C1CCCC1. The summed E-state index contributed by atoms with van der Waals surface area (Å²) in [6.07, 6.45) is 9.97. The maximum Gasteiger partial charge on any atom is 0.223 e. The molecule has 1 aliphatic rings. The summed E-state index contributed by atoms with van der Waals surface area (Å²) in [5.74, 6) is 0.482. The van der Waals surface area contributed by atoms with Crippen LogP contribution in [0.5, 0.6) is 0 Å². The van der Waals surface area contributed by atoms with Crippen LogP contribution in [-0.2, 0) is 11.3 Å². The molecular formula is C12H19N3O. The van der Waals surface area contributed by atoms with Gasteiger partial charge >= 0.3 is 0 Å². The minimum absolute atomic E-state index is 0.169. The van der Waals surface area contributed by atoms with Crippen molar-refractivity contribution >= 4 is 5.91 Å². The van der Waals surface area contributed by atoms with Crippen LogP contribution in [0.4, 0.5) is 0 Å². The lowest BCUT2D eigenvalue weighted by Gasteiger charge is -2.17. The molecule has 0 spiro atoms. The van der Waals surface area contributed by atoms with E-state index in [-0.39, 0.29) is 17.9 Å². The van der Waals surface area contributed by atoms with Crippen molar-refractivity contribution in [2.45, 2.75) is 45.2 Å². The summed E-state index contributed by atoms with van der Waals surface area (Å²) in [4.78, 5) is 15.8. The fourth-order valence-corrected chi connectivity index (χ4v) is 2.31. The van der Waals surface area contributed by atoms with Crippen molar-refractivity contribution in [1.82, 2.24) is 14.9 Å². The highest BCUT2D eigenvalue weighted by atomic mass is 16.1. The van der Waals surface area contributed by atoms with Crippen molar-refractivity contribution < 1.29 is 4.79 Å². The van der Waals surface area contributed by atoms with Crippen LogP contribution < -0.4 is 5.32 Å². The maximum absolute atomic E-state index is 11.8. The van der Waals surface area contributed by atoms with Crippen LogP contribution in [0, 0.1) is 5.92 Å². The lowest BCUT2D eigenvalue weighted by molar-refractivity contribution is -0.125. The topological polar surface area (TPSA) is 46.9 Å². The van der Waals surface area contributed by atoms with E-state index >= 15 is 0 Å². The summed E-state index contributed by atoms with van der Waals surface area (Å²) in [7, 11) is 0. The Morgan fingerprint density at radius 1 is 1.56 bits per heavy atom. The van der Waals surface area contributed by atoms with Gasteiger partial charge in [0.05, 0.1) is 6.33 Å².